The summed E-state index contributed by atoms with van der Waals surface area (Å²) in [5, 5.41) is 13.4. The zero-order chi connectivity index (χ0) is 13.3. The third-order valence-corrected chi connectivity index (χ3v) is 2.98. The number of nitrogens with zero attached hydrogens (tertiary/aromatic N) is 3. The highest BCUT2D eigenvalue weighted by Crippen LogP contribution is 2.22. The van der Waals surface area contributed by atoms with Gasteiger partial charge in [-0.25, -0.2) is 0 Å². The Morgan fingerprint density at radius 1 is 1.28 bits per heavy atom. The molecule has 0 aliphatic heterocycles. The average Bonchev–Trinajstić information content (AvgIpc) is 2.77. The van der Waals surface area contributed by atoms with Crippen LogP contribution in [0.4, 0.5) is 0 Å². The van der Waals surface area contributed by atoms with Gasteiger partial charge in [0.05, 0.1) is 12.0 Å². The lowest BCUT2D eigenvalue weighted by Gasteiger charge is -2.08. The third kappa shape index (κ3) is 2.41. The van der Waals surface area contributed by atoms with E-state index in [0.29, 0.717) is 17.4 Å². The molecule has 2 rings (SSSR count). The van der Waals surface area contributed by atoms with Crippen LogP contribution in [0.25, 0.3) is 11.5 Å². The van der Waals surface area contributed by atoms with Crippen LogP contribution in [0, 0.1) is 13.8 Å². The summed E-state index contributed by atoms with van der Waals surface area (Å²) in [5.41, 5.74) is 2.82. The van der Waals surface area contributed by atoms with Crippen molar-refractivity contribution in [1.82, 2.24) is 15.1 Å². The van der Waals surface area contributed by atoms with E-state index in [9.17, 15) is 5.11 Å². The second-order valence-electron chi connectivity index (χ2n) is 4.66. The van der Waals surface area contributed by atoms with Crippen LogP contribution in [0.2, 0.25) is 0 Å². The molecule has 18 heavy (non-hydrogen) atoms. The monoisotopic (exact) mass is 247 g/mol. The van der Waals surface area contributed by atoms with E-state index in [0.717, 1.165) is 11.1 Å². The molecule has 96 valence electrons. The molecule has 2 atom stereocenters. The minimum Gasteiger partial charge on any atom is -0.393 e. The number of pyridine rings is 1. The van der Waals surface area contributed by atoms with Gasteiger partial charge in [0.1, 0.15) is 5.69 Å². The van der Waals surface area contributed by atoms with Gasteiger partial charge in [-0.3, -0.25) is 4.98 Å². The van der Waals surface area contributed by atoms with Crippen molar-refractivity contribution >= 4 is 0 Å². The van der Waals surface area contributed by atoms with Gasteiger partial charge in [-0.05, 0) is 31.9 Å². The Kier molecular flexibility index (Phi) is 3.43. The second-order valence-corrected chi connectivity index (χ2v) is 4.66. The molecule has 1 N–H and O–H groups in total. The fraction of sp³-hybridized carbons (Fsp3) is 0.462. The molecule has 0 aliphatic carbocycles. The summed E-state index contributed by atoms with van der Waals surface area (Å²) in [4.78, 5) is 8.61. The molecule has 2 aromatic heterocycles. The van der Waals surface area contributed by atoms with Crippen LogP contribution < -0.4 is 0 Å². The molecule has 0 saturated carbocycles. The van der Waals surface area contributed by atoms with Crippen molar-refractivity contribution in [2.75, 3.05) is 0 Å². The van der Waals surface area contributed by atoms with Crippen molar-refractivity contribution in [3.8, 4) is 11.5 Å². The SMILES string of the molecule is Cc1cnc(-c2noc(C(C)C(C)O)n2)c(C)c1. The van der Waals surface area contributed by atoms with Crippen LogP contribution in [0.15, 0.2) is 16.8 Å². The highest BCUT2D eigenvalue weighted by atomic mass is 16.5. The highest BCUT2D eigenvalue weighted by molar-refractivity contribution is 5.54. The van der Waals surface area contributed by atoms with Crippen LogP contribution in [0.1, 0.15) is 36.8 Å². The van der Waals surface area contributed by atoms with E-state index in [2.05, 4.69) is 15.1 Å². The van der Waals surface area contributed by atoms with Crippen LogP contribution in [0.5, 0.6) is 0 Å². The third-order valence-electron chi connectivity index (χ3n) is 2.98. The van der Waals surface area contributed by atoms with Crippen LogP contribution in [-0.4, -0.2) is 26.3 Å². The first-order valence-corrected chi connectivity index (χ1v) is 5.94. The standard InChI is InChI=1S/C13H17N3O2/c1-7-5-8(2)11(14-6-7)12-15-13(18-16-12)9(3)10(4)17/h5-6,9-10,17H,1-4H3. The van der Waals surface area contributed by atoms with E-state index in [1.165, 1.54) is 0 Å². The first-order chi connectivity index (χ1) is 8.49. The molecule has 0 amide bonds. The maximum Gasteiger partial charge on any atom is 0.232 e. The van der Waals surface area contributed by atoms with Crippen molar-refractivity contribution in [1.29, 1.82) is 0 Å². The molecule has 0 saturated heterocycles. The Balaban J connectivity index is 2.35. The van der Waals surface area contributed by atoms with Crippen LogP contribution in [-0.2, 0) is 0 Å². The largest absolute Gasteiger partial charge is 0.393 e. The van der Waals surface area contributed by atoms with E-state index in [1.807, 2.05) is 26.8 Å². The van der Waals surface area contributed by atoms with Crippen molar-refractivity contribution in [3.05, 3.63) is 29.3 Å². The summed E-state index contributed by atoms with van der Waals surface area (Å²) < 4.78 is 5.17. The minimum atomic E-state index is -0.523. The molecule has 0 spiro atoms. The van der Waals surface area contributed by atoms with Gasteiger partial charge in [0.25, 0.3) is 0 Å². The molecule has 2 unspecified atom stereocenters. The van der Waals surface area contributed by atoms with Gasteiger partial charge < -0.3 is 9.63 Å². The molecule has 2 heterocycles. The number of hydrogen-bond acceptors (Lipinski definition) is 5. The highest BCUT2D eigenvalue weighted by Gasteiger charge is 2.20. The lowest BCUT2D eigenvalue weighted by Crippen LogP contribution is -2.11. The number of aromatic nitrogens is 3. The maximum atomic E-state index is 9.50. The summed E-state index contributed by atoms with van der Waals surface area (Å²) in [7, 11) is 0. The predicted octanol–water partition coefficient (Wildman–Crippen LogP) is 2.23. The van der Waals surface area contributed by atoms with Crippen LogP contribution in [0.3, 0.4) is 0 Å². The van der Waals surface area contributed by atoms with Gasteiger partial charge in [0.2, 0.25) is 11.7 Å². The van der Waals surface area contributed by atoms with Crippen molar-refractivity contribution in [2.24, 2.45) is 0 Å². The van der Waals surface area contributed by atoms with E-state index < -0.39 is 6.10 Å². The Morgan fingerprint density at radius 2 is 2.00 bits per heavy atom. The Hall–Kier alpha value is -1.75. The second kappa shape index (κ2) is 4.86. The number of aliphatic hydroxyl groups excluding tert-OH is 1. The van der Waals surface area contributed by atoms with Crippen LogP contribution >= 0.6 is 0 Å². The predicted molar refractivity (Wildman–Crippen MR) is 67.1 cm³/mol. The summed E-state index contributed by atoms with van der Waals surface area (Å²) in [6.45, 7) is 7.49. The molecular weight excluding hydrogens is 230 g/mol. The van der Waals surface area contributed by atoms with E-state index >= 15 is 0 Å². The zero-order valence-electron chi connectivity index (χ0n) is 11.0. The van der Waals surface area contributed by atoms with Gasteiger partial charge in [-0.1, -0.05) is 18.1 Å². The molecule has 5 heteroatoms. The molecular formula is C13H17N3O2. The average molecular weight is 247 g/mol. The summed E-state index contributed by atoms with van der Waals surface area (Å²) in [6, 6.07) is 2.02. The molecule has 0 bridgehead atoms. The first kappa shape index (κ1) is 12.7. The van der Waals surface area contributed by atoms with Crippen molar-refractivity contribution in [2.45, 2.75) is 39.7 Å². The zero-order valence-corrected chi connectivity index (χ0v) is 11.0. The summed E-state index contributed by atoms with van der Waals surface area (Å²) >= 11 is 0. The van der Waals surface area contributed by atoms with Crippen molar-refractivity contribution in [3.63, 3.8) is 0 Å². The topological polar surface area (TPSA) is 72.0 Å². The van der Waals surface area contributed by atoms with E-state index in [-0.39, 0.29) is 5.92 Å². The fourth-order valence-corrected chi connectivity index (χ4v) is 1.67. The quantitative estimate of drug-likeness (QED) is 0.900. The van der Waals surface area contributed by atoms with Gasteiger partial charge in [-0.15, -0.1) is 0 Å². The maximum absolute atomic E-state index is 9.50. The first-order valence-electron chi connectivity index (χ1n) is 5.94. The van der Waals surface area contributed by atoms with Crippen molar-refractivity contribution < 1.29 is 9.63 Å². The van der Waals surface area contributed by atoms with Gasteiger partial charge >= 0.3 is 0 Å². The smallest absolute Gasteiger partial charge is 0.232 e. The minimum absolute atomic E-state index is 0.183. The lowest BCUT2D eigenvalue weighted by atomic mass is 10.1. The molecule has 2 aromatic rings. The summed E-state index contributed by atoms with van der Waals surface area (Å²) in [6.07, 6.45) is 1.25. The Bertz CT molecular complexity index is 549. The normalized spacial score (nSPS) is 14.5. The number of aliphatic hydroxyl groups is 1. The molecule has 0 radical (unpaired) electrons. The van der Waals surface area contributed by atoms with Gasteiger partial charge in [0, 0.05) is 6.20 Å². The number of hydrogen-bond donors (Lipinski definition) is 1. The fourth-order valence-electron chi connectivity index (χ4n) is 1.67. The van der Waals surface area contributed by atoms with E-state index in [4.69, 9.17) is 4.52 Å². The number of rotatable bonds is 3. The number of aryl methyl sites for hydroxylation is 2. The lowest BCUT2D eigenvalue weighted by molar-refractivity contribution is 0.151. The Labute approximate surface area is 106 Å². The van der Waals surface area contributed by atoms with Gasteiger partial charge in [-0.2, -0.15) is 4.98 Å². The molecule has 0 aliphatic rings. The van der Waals surface area contributed by atoms with Gasteiger partial charge in [0.15, 0.2) is 0 Å². The molecule has 5 nitrogen and oxygen atoms in total. The molecule has 0 fully saturated rings. The Morgan fingerprint density at radius 3 is 2.61 bits per heavy atom. The molecule has 0 aromatic carbocycles. The van der Waals surface area contributed by atoms with E-state index in [1.54, 1.807) is 13.1 Å². The summed E-state index contributed by atoms with van der Waals surface area (Å²) in [5.74, 6) is 0.716.